The normalized spacial score (nSPS) is 26.0. The van der Waals surface area contributed by atoms with Crippen LogP contribution in [0.15, 0.2) is 30.3 Å². The fraction of sp³-hybridized carbons (Fsp3) is 0.577. The number of amides is 2. The van der Waals surface area contributed by atoms with E-state index in [4.69, 9.17) is 23.7 Å². The smallest absolute Gasteiger partial charge is 0.443 e. The van der Waals surface area contributed by atoms with E-state index in [0.29, 0.717) is 0 Å². The van der Waals surface area contributed by atoms with E-state index in [1.165, 1.54) is 0 Å². The van der Waals surface area contributed by atoms with E-state index in [1.807, 2.05) is 30.3 Å². The molecule has 0 radical (unpaired) electrons. The summed E-state index contributed by atoms with van der Waals surface area (Å²) < 4.78 is 28.3. The summed E-state index contributed by atoms with van der Waals surface area (Å²) >= 11 is 0. The molecule has 2 aliphatic heterocycles. The lowest BCUT2D eigenvalue weighted by Gasteiger charge is -2.58. The van der Waals surface area contributed by atoms with Gasteiger partial charge in [0, 0.05) is 0 Å². The van der Waals surface area contributed by atoms with Gasteiger partial charge in [0.05, 0.1) is 13.2 Å². The minimum absolute atomic E-state index is 0.0690. The number of likely N-dealkylation sites (tertiary alicyclic amines) is 1. The molecule has 35 heavy (non-hydrogen) atoms. The monoisotopic (exact) mass is 487 g/mol. The van der Waals surface area contributed by atoms with Crippen LogP contribution in [-0.4, -0.2) is 58.8 Å². The van der Waals surface area contributed by atoms with Crippen LogP contribution in [0.4, 0.5) is 9.59 Å². The number of fused-ring (bicyclic) bond motifs is 1. The lowest BCUT2D eigenvalue weighted by atomic mass is 9.68. The summed E-state index contributed by atoms with van der Waals surface area (Å²) in [5, 5.41) is 0. The second kappa shape index (κ2) is 9.88. The van der Waals surface area contributed by atoms with Crippen molar-refractivity contribution in [3.63, 3.8) is 0 Å². The SMILES string of the molecule is CC#C[C@]12[C@H](OC(=O)OC(C)(C)C)[C@@H](OCc3ccccc3)OC[C@H]1C(=O)N2C(=O)OC(C)(C)C. The van der Waals surface area contributed by atoms with Crippen molar-refractivity contribution in [2.75, 3.05) is 6.61 Å². The van der Waals surface area contributed by atoms with Gasteiger partial charge in [-0.3, -0.25) is 4.79 Å². The van der Waals surface area contributed by atoms with Gasteiger partial charge >= 0.3 is 12.2 Å². The number of imide groups is 1. The van der Waals surface area contributed by atoms with Gasteiger partial charge in [-0.25, -0.2) is 14.5 Å². The average Bonchev–Trinajstić information content (AvgIpc) is 2.72. The molecule has 0 unspecified atom stereocenters. The standard InChI is InChI=1S/C26H33NO8/c1-8-14-26-18(20(28)27(26)22(29)34-24(2,3)4)16-32-21(31-15-17-12-10-9-11-13-17)19(26)33-23(30)35-25(5,6)7/h9-13,18-19,21H,15-16H2,1-7H3/t18-,19+,21-,26+/m0/s1. The molecule has 190 valence electrons. The van der Waals surface area contributed by atoms with Crippen LogP contribution >= 0.6 is 0 Å². The Morgan fingerprint density at radius 2 is 1.71 bits per heavy atom. The Morgan fingerprint density at radius 3 is 2.29 bits per heavy atom. The molecule has 9 nitrogen and oxygen atoms in total. The molecule has 0 bridgehead atoms. The van der Waals surface area contributed by atoms with E-state index in [9.17, 15) is 14.4 Å². The summed E-state index contributed by atoms with van der Waals surface area (Å²) in [5.74, 6) is 4.35. The molecule has 2 saturated heterocycles. The topological polar surface area (TPSA) is 101 Å². The highest BCUT2D eigenvalue weighted by Gasteiger charge is 2.72. The Labute approximate surface area is 206 Å². The first-order valence-corrected chi connectivity index (χ1v) is 11.5. The third-order valence-electron chi connectivity index (χ3n) is 5.30. The Hall–Kier alpha value is -3.09. The molecule has 1 aromatic carbocycles. The number of benzene rings is 1. The maximum atomic E-state index is 13.1. The molecule has 2 amide bonds. The number of rotatable bonds is 4. The molecule has 0 aromatic heterocycles. The number of hydrogen-bond acceptors (Lipinski definition) is 8. The predicted octanol–water partition coefficient (Wildman–Crippen LogP) is 4.04. The van der Waals surface area contributed by atoms with Gasteiger partial charge in [0.15, 0.2) is 17.9 Å². The number of ether oxygens (including phenoxy) is 5. The lowest BCUT2D eigenvalue weighted by Crippen LogP contribution is -2.82. The number of nitrogens with zero attached hydrogens (tertiary/aromatic N) is 1. The van der Waals surface area contributed by atoms with E-state index in [2.05, 4.69) is 11.8 Å². The molecule has 0 spiro atoms. The van der Waals surface area contributed by atoms with Crippen molar-refractivity contribution in [3.05, 3.63) is 35.9 Å². The van der Waals surface area contributed by atoms with Crippen molar-refractivity contribution in [2.45, 2.75) is 84.2 Å². The highest BCUT2D eigenvalue weighted by molar-refractivity contribution is 6.03. The van der Waals surface area contributed by atoms with E-state index >= 15 is 0 Å². The van der Waals surface area contributed by atoms with Crippen LogP contribution in [0.1, 0.15) is 54.0 Å². The van der Waals surface area contributed by atoms with Crippen LogP contribution in [0.5, 0.6) is 0 Å². The van der Waals surface area contributed by atoms with Gasteiger partial charge in [0.2, 0.25) is 5.91 Å². The quantitative estimate of drug-likeness (QED) is 0.356. The molecule has 9 heteroatoms. The van der Waals surface area contributed by atoms with Crippen LogP contribution in [0.2, 0.25) is 0 Å². The third kappa shape index (κ3) is 5.77. The molecule has 0 aliphatic carbocycles. The van der Waals surface area contributed by atoms with Crippen molar-refractivity contribution in [1.29, 1.82) is 0 Å². The zero-order valence-electron chi connectivity index (χ0n) is 21.2. The van der Waals surface area contributed by atoms with Crippen molar-refractivity contribution in [1.82, 2.24) is 4.90 Å². The van der Waals surface area contributed by atoms with Gasteiger partial charge in [-0.1, -0.05) is 36.3 Å². The molecule has 0 saturated carbocycles. The van der Waals surface area contributed by atoms with Gasteiger partial charge in [-0.05, 0) is 54.0 Å². The van der Waals surface area contributed by atoms with Crippen LogP contribution in [0.25, 0.3) is 0 Å². The van der Waals surface area contributed by atoms with Gasteiger partial charge in [0.25, 0.3) is 0 Å². The summed E-state index contributed by atoms with van der Waals surface area (Å²) in [4.78, 5) is 39.8. The zero-order valence-corrected chi connectivity index (χ0v) is 21.2. The van der Waals surface area contributed by atoms with Gasteiger partial charge in [-0.2, -0.15) is 0 Å². The summed E-state index contributed by atoms with van der Waals surface area (Å²) in [6.45, 7) is 11.8. The highest BCUT2D eigenvalue weighted by atomic mass is 16.8. The highest BCUT2D eigenvalue weighted by Crippen LogP contribution is 2.48. The zero-order chi connectivity index (χ0) is 26.0. The van der Waals surface area contributed by atoms with Crippen molar-refractivity contribution in [3.8, 4) is 11.8 Å². The second-order valence-electron chi connectivity index (χ2n) is 10.4. The van der Waals surface area contributed by atoms with Crippen molar-refractivity contribution >= 4 is 18.2 Å². The van der Waals surface area contributed by atoms with Gasteiger partial charge in [-0.15, -0.1) is 5.92 Å². The summed E-state index contributed by atoms with van der Waals surface area (Å²) in [6.07, 6.45) is -4.29. The van der Waals surface area contributed by atoms with E-state index in [1.54, 1.807) is 48.5 Å². The Bertz CT molecular complexity index is 1010. The minimum atomic E-state index is -1.54. The average molecular weight is 488 g/mol. The maximum absolute atomic E-state index is 13.1. The number of carbonyl (C=O) groups is 3. The second-order valence-corrected chi connectivity index (χ2v) is 10.4. The predicted molar refractivity (Wildman–Crippen MR) is 125 cm³/mol. The van der Waals surface area contributed by atoms with Gasteiger partial charge in [0.1, 0.15) is 17.1 Å². The Kier molecular flexibility index (Phi) is 7.48. The largest absolute Gasteiger partial charge is 0.509 e. The first kappa shape index (κ1) is 26.5. The molecular weight excluding hydrogens is 454 g/mol. The fourth-order valence-electron chi connectivity index (χ4n) is 4.00. The van der Waals surface area contributed by atoms with E-state index < -0.39 is 53.2 Å². The molecule has 2 aliphatic rings. The van der Waals surface area contributed by atoms with Crippen LogP contribution < -0.4 is 0 Å². The van der Waals surface area contributed by atoms with Crippen LogP contribution in [0.3, 0.4) is 0 Å². The first-order valence-electron chi connectivity index (χ1n) is 11.5. The summed E-state index contributed by atoms with van der Waals surface area (Å²) in [5.41, 5.74) is -2.38. The minimum Gasteiger partial charge on any atom is -0.443 e. The molecule has 4 atom stereocenters. The van der Waals surface area contributed by atoms with Gasteiger partial charge < -0.3 is 23.7 Å². The van der Waals surface area contributed by atoms with Crippen LogP contribution in [-0.2, 0) is 35.1 Å². The first-order chi connectivity index (χ1) is 16.3. The van der Waals surface area contributed by atoms with E-state index in [0.717, 1.165) is 10.5 Å². The molecular formula is C26H33NO8. The maximum Gasteiger partial charge on any atom is 0.509 e. The van der Waals surface area contributed by atoms with E-state index in [-0.39, 0.29) is 13.2 Å². The molecule has 2 fully saturated rings. The lowest BCUT2D eigenvalue weighted by molar-refractivity contribution is -0.283. The number of carbonyl (C=O) groups excluding carboxylic acids is 3. The van der Waals surface area contributed by atoms with Crippen LogP contribution in [0, 0.1) is 17.8 Å². The summed E-state index contributed by atoms with van der Waals surface area (Å²) in [6, 6.07) is 9.35. The molecule has 1 aromatic rings. The molecule has 0 N–H and O–H groups in total. The third-order valence-corrected chi connectivity index (χ3v) is 5.30. The van der Waals surface area contributed by atoms with Crippen molar-refractivity contribution < 1.29 is 38.1 Å². The fourth-order valence-corrected chi connectivity index (χ4v) is 4.00. The Morgan fingerprint density at radius 1 is 1.09 bits per heavy atom. The molecule has 3 rings (SSSR count). The number of hydrogen-bond donors (Lipinski definition) is 0. The molecule has 2 heterocycles. The summed E-state index contributed by atoms with van der Waals surface area (Å²) in [7, 11) is 0. The number of β-lactam (4-membered cyclic amide) rings is 1. The Balaban J connectivity index is 1.98. The van der Waals surface area contributed by atoms with Crippen molar-refractivity contribution in [2.24, 2.45) is 5.92 Å².